The molecule has 32 heavy (non-hydrogen) atoms. The lowest BCUT2D eigenvalue weighted by Crippen LogP contribution is -2.37. The van der Waals surface area contributed by atoms with Crippen LogP contribution in [0.2, 0.25) is 0 Å². The third kappa shape index (κ3) is 3.89. The number of aromatic nitrogens is 3. The number of aryl methyl sites for hydroxylation is 1. The summed E-state index contributed by atoms with van der Waals surface area (Å²) in [5, 5.41) is 5.32. The summed E-state index contributed by atoms with van der Waals surface area (Å²) in [6.45, 7) is 4.28. The molecule has 1 atom stereocenters. The number of pyridine rings is 1. The average molecular weight is 449 g/mol. The van der Waals surface area contributed by atoms with Gasteiger partial charge < -0.3 is 5.32 Å². The van der Waals surface area contributed by atoms with Crippen molar-refractivity contribution in [1.29, 1.82) is 0 Å². The number of nitrogens with zero attached hydrogens (tertiary/aromatic N) is 3. The first-order chi connectivity index (χ1) is 15.3. The minimum Gasteiger partial charge on any atom is -0.339 e. The standard InChI is InChI=1S/C24H24N4O3S/c1-14(2)15-7-9-16(10-8-15)20(19-6-5-13-32-19)26-22(29)18-12-11-17-21(25-18)27(3)24(31)28(4)23(17)30/h5-14,20H,1-4H3,(H,26,29)/t20-/m1/s1. The van der Waals surface area contributed by atoms with Crippen LogP contribution in [0.4, 0.5) is 0 Å². The Hall–Kier alpha value is -3.52. The van der Waals surface area contributed by atoms with Gasteiger partial charge in [-0.05, 0) is 40.6 Å². The van der Waals surface area contributed by atoms with Crippen LogP contribution in [0.3, 0.4) is 0 Å². The molecular weight excluding hydrogens is 424 g/mol. The number of carbonyl (C=O) groups excluding carboxylic acids is 1. The van der Waals surface area contributed by atoms with Crippen LogP contribution in [-0.2, 0) is 14.1 Å². The lowest BCUT2D eigenvalue weighted by molar-refractivity contribution is 0.0938. The molecule has 7 nitrogen and oxygen atoms in total. The van der Waals surface area contributed by atoms with Gasteiger partial charge in [0.25, 0.3) is 11.5 Å². The molecule has 4 aromatic rings. The van der Waals surface area contributed by atoms with Gasteiger partial charge in [-0.1, -0.05) is 44.2 Å². The second-order valence-electron chi connectivity index (χ2n) is 8.02. The Kier molecular flexibility index (Phi) is 5.80. The van der Waals surface area contributed by atoms with Gasteiger partial charge in [-0.2, -0.15) is 0 Å². The Bertz CT molecular complexity index is 1400. The lowest BCUT2D eigenvalue weighted by Gasteiger charge is -2.19. The molecule has 0 aliphatic carbocycles. The van der Waals surface area contributed by atoms with E-state index in [4.69, 9.17) is 0 Å². The van der Waals surface area contributed by atoms with Crippen molar-refractivity contribution < 1.29 is 4.79 Å². The minimum absolute atomic E-state index is 0.140. The zero-order valence-corrected chi connectivity index (χ0v) is 19.1. The third-order valence-electron chi connectivity index (χ3n) is 5.57. The molecule has 0 bridgehead atoms. The minimum atomic E-state index is -0.491. The summed E-state index contributed by atoms with van der Waals surface area (Å²) in [7, 11) is 2.95. The van der Waals surface area contributed by atoms with Crippen LogP contribution >= 0.6 is 11.3 Å². The van der Waals surface area contributed by atoms with Crippen LogP contribution in [0.5, 0.6) is 0 Å². The summed E-state index contributed by atoms with van der Waals surface area (Å²) in [6.07, 6.45) is 0. The maximum absolute atomic E-state index is 13.2. The summed E-state index contributed by atoms with van der Waals surface area (Å²) >= 11 is 1.56. The van der Waals surface area contributed by atoms with Crippen LogP contribution in [0.25, 0.3) is 11.0 Å². The first-order valence-electron chi connectivity index (χ1n) is 10.3. The Balaban J connectivity index is 1.72. The molecule has 164 valence electrons. The van der Waals surface area contributed by atoms with Crippen molar-refractivity contribution in [2.24, 2.45) is 14.1 Å². The fraction of sp³-hybridized carbons (Fsp3) is 0.250. The van der Waals surface area contributed by atoms with Gasteiger partial charge in [-0.25, -0.2) is 9.78 Å². The van der Waals surface area contributed by atoms with E-state index in [0.29, 0.717) is 5.92 Å². The first kappa shape index (κ1) is 21.7. The average Bonchev–Trinajstić information content (AvgIpc) is 3.34. The van der Waals surface area contributed by atoms with E-state index in [0.717, 1.165) is 15.0 Å². The predicted octanol–water partition coefficient (Wildman–Crippen LogP) is 3.34. The lowest BCUT2D eigenvalue weighted by atomic mass is 9.98. The second-order valence-corrected chi connectivity index (χ2v) is 9.00. The zero-order valence-electron chi connectivity index (χ0n) is 18.3. The number of benzene rings is 1. The summed E-state index contributed by atoms with van der Waals surface area (Å²) in [6, 6.07) is 14.8. The van der Waals surface area contributed by atoms with Crippen molar-refractivity contribution in [2.45, 2.75) is 25.8 Å². The van der Waals surface area contributed by atoms with E-state index in [1.807, 2.05) is 29.6 Å². The Labute approximate surface area is 189 Å². The number of thiophene rings is 1. The van der Waals surface area contributed by atoms with Crippen LogP contribution < -0.4 is 16.6 Å². The molecule has 3 heterocycles. The topological polar surface area (TPSA) is 86.0 Å². The number of carbonyl (C=O) groups is 1. The molecule has 0 fully saturated rings. The van der Waals surface area contributed by atoms with Crippen molar-refractivity contribution >= 4 is 28.3 Å². The Morgan fingerprint density at radius 3 is 2.28 bits per heavy atom. The highest BCUT2D eigenvalue weighted by atomic mass is 32.1. The molecule has 0 saturated carbocycles. The largest absolute Gasteiger partial charge is 0.339 e. The molecule has 3 aromatic heterocycles. The number of hydrogen-bond donors (Lipinski definition) is 1. The predicted molar refractivity (Wildman–Crippen MR) is 126 cm³/mol. The van der Waals surface area contributed by atoms with E-state index in [1.165, 1.54) is 36.4 Å². The molecular formula is C24H24N4O3S. The van der Waals surface area contributed by atoms with Gasteiger partial charge in [0.1, 0.15) is 11.3 Å². The quantitative estimate of drug-likeness (QED) is 0.507. The number of nitrogens with one attached hydrogen (secondary N) is 1. The summed E-state index contributed by atoms with van der Waals surface area (Å²) < 4.78 is 2.30. The zero-order chi connectivity index (χ0) is 23.0. The SMILES string of the molecule is CC(C)c1ccc([C@@H](NC(=O)c2ccc3c(=O)n(C)c(=O)n(C)c3n2)c2cccs2)cc1. The van der Waals surface area contributed by atoms with Gasteiger partial charge >= 0.3 is 5.69 Å². The van der Waals surface area contributed by atoms with E-state index < -0.39 is 11.2 Å². The number of amides is 1. The normalized spacial score (nSPS) is 12.3. The smallest absolute Gasteiger partial charge is 0.332 e. The van der Waals surface area contributed by atoms with E-state index >= 15 is 0 Å². The highest BCUT2D eigenvalue weighted by molar-refractivity contribution is 7.10. The molecule has 0 spiro atoms. The maximum atomic E-state index is 13.2. The van der Waals surface area contributed by atoms with Gasteiger partial charge in [-0.15, -0.1) is 11.3 Å². The van der Waals surface area contributed by atoms with Crippen LogP contribution in [-0.4, -0.2) is 20.0 Å². The van der Waals surface area contributed by atoms with Crippen molar-refractivity contribution in [1.82, 2.24) is 19.4 Å². The van der Waals surface area contributed by atoms with Crippen LogP contribution in [0, 0.1) is 0 Å². The van der Waals surface area contributed by atoms with Crippen molar-refractivity contribution in [2.75, 3.05) is 0 Å². The van der Waals surface area contributed by atoms with Crippen molar-refractivity contribution in [3.05, 3.63) is 96.4 Å². The second kappa shape index (κ2) is 8.55. The fourth-order valence-electron chi connectivity index (χ4n) is 3.63. The maximum Gasteiger partial charge on any atom is 0.332 e. The van der Waals surface area contributed by atoms with Crippen molar-refractivity contribution in [3.63, 3.8) is 0 Å². The highest BCUT2D eigenvalue weighted by Crippen LogP contribution is 2.28. The van der Waals surface area contributed by atoms with E-state index in [9.17, 15) is 14.4 Å². The Morgan fingerprint density at radius 2 is 1.66 bits per heavy atom. The molecule has 0 saturated heterocycles. The Morgan fingerprint density at radius 1 is 0.969 bits per heavy atom. The molecule has 1 amide bonds. The van der Waals surface area contributed by atoms with Gasteiger partial charge in [0.2, 0.25) is 0 Å². The fourth-order valence-corrected chi connectivity index (χ4v) is 4.44. The van der Waals surface area contributed by atoms with Gasteiger partial charge in [0.05, 0.1) is 11.4 Å². The first-order valence-corrected chi connectivity index (χ1v) is 11.2. The molecule has 0 aliphatic rings. The molecule has 0 radical (unpaired) electrons. The molecule has 8 heteroatoms. The molecule has 1 aromatic carbocycles. The molecule has 0 aliphatic heterocycles. The van der Waals surface area contributed by atoms with Crippen LogP contribution in [0.15, 0.2) is 63.5 Å². The van der Waals surface area contributed by atoms with E-state index in [2.05, 4.69) is 36.3 Å². The number of fused-ring (bicyclic) bond motifs is 1. The molecule has 4 rings (SSSR count). The highest BCUT2D eigenvalue weighted by Gasteiger charge is 2.21. The third-order valence-corrected chi connectivity index (χ3v) is 6.51. The monoisotopic (exact) mass is 448 g/mol. The van der Waals surface area contributed by atoms with Gasteiger partial charge in [-0.3, -0.25) is 18.7 Å². The summed E-state index contributed by atoms with van der Waals surface area (Å²) in [5.74, 6) is 0.0336. The van der Waals surface area contributed by atoms with Gasteiger partial charge in [0, 0.05) is 19.0 Å². The molecule has 1 N–H and O–H groups in total. The molecule has 0 unspecified atom stereocenters. The van der Waals surface area contributed by atoms with E-state index in [1.54, 1.807) is 11.3 Å². The summed E-state index contributed by atoms with van der Waals surface area (Å²) in [4.78, 5) is 43.1. The van der Waals surface area contributed by atoms with Crippen molar-refractivity contribution in [3.8, 4) is 0 Å². The number of rotatable bonds is 5. The van der Waals surface area contributed by atoms with Gasteiger partial charge in [0.15, 0.2) is 0 Å². The van der Waals surface area contributed by atoms with Crippen LogP contribution in [0.1, 0.15) is 52.3 Å². The summed E-state index contributed by atoms with van der Waals surface area (Å²) in [5.41, 5.74) is 1.58. The number of hydrogen-bond acceptors (Lipinski definition) is 5. The van der Waals surface area contributed by atoms with E-state index in [-0.39, 0.29) is 28.7 Å².